The van der Waals surface area contributed by atoms with Crippen molar-refractivity contribution < 1.29 is 13.2 Å². The molecule has 2 rings (SSSR count). The Morgan fingerprint density at radius 1 is 1.35 bits per heavy atom. The summed E-state index contributed by atoms with van der Waals surface area (Å²) in [5, 5.41) is 0. The molecule has 0 aromatic heterocycles. The third kappa shape index (κ3) is 2.99. The van der Waals surface area contributed by atoms with Crippen molar-refractivity contribution in [1.29, 1.82) is 0 Å². The maximum atomic E-state index is 12.7. The number of piperidine rings is 1. The smallest absolute Gasteiger partial charge is 0.243 e. The summed E-state index contributed by atoms with van der Waals surface area (Å²) < 4.78 is 32.5. The summed E-state index contributed by atoms with van der Waals surface area (Å²) in [4.78, 5) is 0.368. The number of nitrogens with zero attached hydrogens (tertiary/aromatic N) is 1. The standard InChI is InChI=1S/C15H23NO3S/c1-4-19-15-9-8-14(11-12(15)2)20(17,18)16-10-6-5-7-13(16)3/h8-9,11,13H,4-7,10H2,1-3H3/t13-/m0/s1. The number of rotatable bonds is 4. The average molecular weight is 297 g/mol. The fourth-order valence-electron chi connectivity index (χ4n) is 2.66. The second-order valence-electron chi connectivity index (χ2n) is 5.32. The molecule has 0 bridgehead atoms. The molecule has 1 aromatic rings. The number of benzene rings is 1. The minimum atomic E-state index is -3.39. The van der Waals surface area contributed by atoms with Gasteiger partial charge in [0.25, 0.3) is 0 Å². The van der Waals surface area contributed by atoms with Crippen LogP contribution in [0.15, 0.2) is 23.1 Å². The van der Waals surface area contributed by atoms with Crippen LogP contribution in [0.4, 0.5) is 0 Å². The zero-order valence-corrected chi connectivity index (χ0v) is 13.2. The Labute approximate surface area is 121 Å². The van der Waals surface area contributed by atoms with E-state index < -0.39 is 10.0 Å². The lowest BCUT2D eigenvalue weighted by Crippen LogP contribution is -2.41. The summed E-state index contributed by atoms with van der Waals surface area (Å²) in [7, 11) is -3.39. The molecule has 0 radical (unpaired) electrons. The van der Waals surface area contributed by atoms with E-state index in [1.807, 2.05) is 20.8 Å². The van der Waals surface area contributed by atoms with Gasteiger partial charge in [0.15, 0.2) is 0 Å². The second kappa shape index (κ2) is 6.14. The predicted molar refractivity (Wildman–Crippen MR) is 79.6 cm³/mol. The number of hydrogen-bond donors (Lipinski definition) is 0. The SMILES string of the molecule is CCOc1ccc(S(=O)(=O)N2CCCC[C@@H]2C)cc1C. The molecular formula is C15H23NO3S. The average Bonchev–Trinajstić information content (AvgIpc) is 2.41. The highest BCUT2D eigenvalue weighted by Gasteiger charge is 2.31. The zero-order chi connectivity index (χ0) is 14.8. The first-order chi connectivity index (χ1) is 9.46. The van der Waals surface area contributed by atoms with Gasteiger partial charge in [0.05, 0.1) is 11.5 Å². The molecule has 112 valence electrons. The van der Waals surface area contributed by atoms with Crippen molar-refractivity contribution in [1.82, 2.24) is 4.31 Å². The van der Waals surface area contributed by atoms with E-state index in [1.165, 1.54) is 0 Å². The van der Waals surface area contributed by atoms with Crippen LogP contribution >= 0.6 is 0 Å². The molecule has 1 heterocycles. The van der Waals surface area contributed by atoms with Crippen LogP contribution in [0.5, 0.6) is 5.75 Å². The van der Waals surface area contributed by atoms with Crippen molar-refractivity contribution >= 4 is 10.0 Å². The number of hydrogen-bond acceptors (Lipinski definition) is 3. The molecule has 4 nitrogen and oxygen atoms in total. The van der Waals surface area contributed by atoms with Gasteiger partial charge in [-0.15, -0.1) is 0 Å². The molecule has 1 atom stereocenters. The Morgan fingerprint density at radius 3 is 2.70 bits per heavy atom. The second-order valence-corrected chi connectivity index (χ2v) is 7.21. The van der Waals surface area contributed by atoms with Gasteiger partial charge in [0.2, 0.25) is 10.0 Å². The minimum Gasteiger partial charge on any atom is -0.494 e. The van der Waals surface area contributed by atoms with Crippen LogP contribution in [-0.4, -0.2) is 31.9 Å². The highest BCUT2D eigenvalue weighted by atomic mass is 32.2. The third-order valence-corrected chi connectivity index (χ3v) is 5.80. The Balaban J connectivity index is 2.31. The van der Waals surface area contributed by atoms with Crippen LogP contribution in [-0.2, 0) is 10.0 Å². The fourth-order valence-corrected chi connectivity index (χ4v) is 4.45. The van der Waals surface area contributed by atoms with Crippen molar-refractivity contribution in [3.8, 4) is 5.75 Å². The van der Waals surface area contributed by atoms with Crippen LogP contribution in [0.1, 0.15) is 38.7 Å². The fraction of sp³-hybridized carbons (Fsp3) is 0.600. The van der Waals surface area contributed by atoms with Gasteiger partial charge in [-0.25, -0.2) is 8.42 Å². The quantitative estimate of drug-likeness (QED) is 0.858. The Kier molecular flexibility index (Phi) is 4.70. The van der Waals surface area contributed by atoms with Crippen molar-refractivity contribution in [3.63, 3.8) is 0 Å². The maximum Gasteiger partial charge on any atom is 0.243 e. The molecule has 1 aliphatic heterocycles. The number of sulfonamides is 1. The van der Waals surface area contributed by atoms with E-state index in [0.717, 1.165) is 30.6 Å². The monoisotopic (exact) mass is 297 g/mol. The minimum absolute atomic E-state index is 0.0839. The van der Waals surface area contributed by atoms with E-state index in [9.17, 15) is 8.42 Å². The Bertz CT molecular complexity index is 568. The number of aryl methyl sites for hydroxylation is 1. The molecule has 0 N–H and O–H groups in total. The van der Waals surface area contributed by atoms with E-state index >= 15 is 0 Å². The van der Waals surface area contributed by atoms with E-state index in [0.29, 0.717) is 18.0 Å². The van der Waals surface area contributed by atoms with Crippen molar-refractivity contribution in [2.75, 3.05) is 13.2 Å². The lowest BCUT2D eigenvalue weighted by molar-refractivity contribution is 0.268. The molecule has 1 aliphatic rings. The normalized spacial score (nSPS) is 20.9. The lowest BCUT2D eigenvalue weighted by atomic mass is 10.1. The number of ether oxygens (including phenoxy) is 1. The molecule has 0 spiro atoms. The Hall–Kier alpha value is -1.07. The molecule has 0 aliphatic carbocycles. The van der Waals surface area contributed by atoms with Gasteiger partial charge < -0.3 is 4.74 Å². The van der Waals surface area contributed by atoms with Crippen LogP contribution < -0.4 is 4.74 Å². The molecule has 20 heavy (non-hydrogen) atoms. The molecule has 0 amide bonds. The largest absolute Gasteiger partial charge is 0.494 e. The summed E-state index contributed by atoms with van der Waals surface area (Å²) in [5.74, 6) is 0.748. The third-order valence-electron chi connectivity index (χ3n) is 3.79. The van der Waals surface area contributed by atoms with E-state index in [1.54, 1.807) is 22.5 Å². The van der Waals surface area contributed by atoms with Gasteiger partial charge >= 0.3 is 0 Å². The van der Waals surface area contributed by atoms with E-state index in [4.69, 9.17) is 4.74 Å². The van der Waals surface area contributed by atoms with E-state index in [2.05, 4.69) is 0 Å². The van der Waals surface area contributed by atoms with Gasteiger partial charge in [-0.3, -0.25) is 0 Å². The van der Waals surface area contributed by atoms with E-state index in [-0.39, 0.29) is 6.04 Å². The summed E-state index contributed by atoms with van der Waals surface area (Å²) in [6, 6.07) is 5.19. The van der Waals surface area contributed by atoms with Gasteiger partial charge in [-0.05, 0) is 57.4 Å². The maximum absolute atomic E-state index is 12.7. The summed E-state index contributed by atoms with van der Waals surface area (Å²) in [6.45, 7) is 6.98. The highest BCUT2D eigenvalue weighted by Crippen LogP contribution is 2.28. The van der Waals surface area contributed by atoms with Crippen LogP contribution in [0.25, 0.3) is 0 Å². The Morgan fingerprint density at radius 2 is 2.10 bits per heavy atom. The van der Waals surface area contributed by atoms with Gasteiger partial charge in [0, 0.05) is 12.6 Å². The van der Waals surface area contributed by atoms with Crippen LogP contribution in [0, 0.1) is 6.92 Å². The van der Waals surface area contributed by atoms with Crippen LogP contribution in [0.3, 0.4) is 0 Å². The first-order valence-electron chi connectivity index (χ1n) is 7.22. The molecule has 1 aromatic carbocycles. The van der Waals surface area contributed by atoms with Crippen molar-refractivity contribution in [2.24, 2.45) is 0 Å². The first kappa shape index (κ1) is 15.3. The molecule has 5 heteroatoms. The van der Waals surface area contributed by atoms with Gasteiger partial charge in [-0.2, -0.15) is 4.31 Å². The van der Waals surface area contributed by atoms with Crippen molar-refractivity contribution in [3.05, 3.63) is 23.8 Å². The molecule has 1 saturated heterocycles. The molecular weight excluding hydrogens is 274 g/mol. The zero-order valence-electron chi connectivity index (χ0n) is 12.4. The molecule has 1 fully saturated rings. The summed E-state index contributed by atoms with van der Waals surface area (Å²) in [6.07, 6.45) is 2.99. The van der Waals surface area contributed by atoms with Gasteiger partial charge in [0.1, 0.15) is 5.75 Å². The highest BCUT2D eigenvalue weighted by molar-refractivity contribution is 7.89. The van der Waals surface area contributed by atoms with Gasteiger partial charge in [-0.1, -0.05) is 6.42 Å². The molecule has 0 unspecified atom stereocenters. The topological polar surface area (TPSA) is 46.6 Å². The summed E-state index contributed by atoms with van der Waals surface area (Å²) in [5.41, 5.74) is 0.859. The van der Waals surface area contributed by atoms with Crippen molar-refractivity contribution in [2.45, 2.75) is 51.0 Å². The molecule has 0 saturated carbocycles. The first-order valence-corrected chi connectivity index (χ1v) is 8.66. The predicted octanol–water partition coefficient (Wildman–Crippen LogP) is 2.96. The summed E-state index contributed by atoms with van der Waals surface area (Å²) >= 11 is 0. The van der Waals surface area contributed by atoms with Crippen LogP contribution in [0.2, 0.25) is 0 Å². The lowest BCUT2D eigenvalue weighted by Gasteiger charge is -2.32.